The zero-order chi connectivity index (χ0) is 27.0. The summed E-state index contributed by atoms with van der Waals surface area (Å²) in [6.07, 6.45) is 1.48. The van der Waals surface area contributed by atoms with Gasteiger partial charge in [0.1, 0.15) is 29.8 Å². The molecule has 2 amide bonds. The van der Waals surface area contributed by atoms with Gasteiger partial charge in [0.25, 0.3) is 5.69 Å². The molecule has 0 aromatic heterocycles. The number of sulfonamides is 1. The molecule has 11 nitrogen and oxygen atoms in total. The molecular formula is C23H29FN4O7S. The van der Waals surface area contributed by atoms with E-state index in [1.807, 2.05) is 6.92 Å². The molecule has 2 rings (SSSR count). The highest BCUT2D eigenvalue weighted by Crippen LogP contribution is 2.33. The second-order valence-electron chi connectivity index (χ2n) is 7.96. The number of nitro groups is 1. The third-order valence-corrected chi connectivity index (χ3v) is 6.46. The molecule has 0 spiro atoms. The van der Waals surface area contributed by atoms with Crippen LogP contribution in [0.1, 0.15) is 25.8 Å². The lowest BCUT2D eigenvalue weighted by molar-refractivity contribution is -0.384. The van der Waals surface area contributed by atoms with Crippen molar-refractivity contribution in [2.75, 3.05) is 30.8 Å². The Kier molecular flexibility index (Phi) is 9.73. The number of anilines is 1. The van der Waals surface area contributed by atoms with E-state index < -0.39 is 50.9 Å². The number of nitrogens with zero attached hydrogens (tertiary/aromatic N) is 3. The number of nitrogens with one attached hydrogen (secondary N) is 1. The van der Waals surface area contributed by atoms with Crippen LogP contribution >= 0.6 is 0 Å². The molecule has 0 aliphatic carbocycles. The Bertz CT molecular complexity index is 1220. The number of carbonyl (C=O) groups excluding carboxylic acids is 2. The van der Waals surface area contributed by atoms with Gasteiger partial charge in [0.15, 0.2) is 0 Å². The van der Waals surface area contributed by atoms with Crippen LogP contribution in [0.4, 0.5) is 15.8 Å². The number of hydrogen-bond acceptors (Lipinski definition) is 7. The van der Waals surface area contributed by atoms with E-state index >= 15 is 0 Å². The molecule has 0 heterocycles. The van der Waals surface area contributed by atoms with E-state index in [1.165, 1.54) is 38.3 Å². The van der Waals surface area contributed by atoms with E-state index in [2.05, 4.69) is 5.32 Å². The van der Waals surface area contributed by atoms with Crippen molar-refractivity contribution < 1.29 is 32.1 Å². The lowest BCUT2D eigenvalue weighted by Gasteiger charge is -2.31. The minimum Gasteiger partial charge on any atom is -0.495 e. The van der Waals surface area contributed by atoms with Crippen LogP contribution in [-0.2, 0) is 26.2 Å². The lowest BCUT2D eigenvalue weighted by Crippen LogP contribution is -2.51. The summed E-state index contributed by atoms with van der Waals surface area (Å²) in [6, 6.07) is 7.95. The molecule has 13 heteroatoms. The fourth-order valence-electron chi connectivity index (χ4n) is 3.37. The number of benzene rings is 2. The van der Waals surface area contributed by atoms with Gasteiger partial charge in [0.2, 0.25) is 21.8 Å². The number of rotatable bonds is 12. The normalized spacial score (nSPS) is 11.9. The Morgan fingerprint density at radius 1 is 1.22 bits per heavy atom. The summed E-state index contributed by atoms with van der Waals surface area (Å²) in [4.78, 5) is 37.8. The van der Waals surface area contributed by atoms with Crippen LogP contribution in [0.2, 0.25) is 0 Å². The summed E-state index contributed by atoms with van der Waals surface area (Å²) in [5.41, 5.74) is -0.515. The van der Waals surface area contributed by atoms with Crippen LogP contribution in [0.3, 0.4) is 0 Å². The van der Waals surface area contributed by atoms with Crippen LogP contribution in [0, 0.1) is 15.9 Å². The van der Waals surface area contributed by atoms with Crippen molar-refractivity contribution in [3.8, 4) is 5.75 Å². The summed E-state index contributed by atoms with van der Waals surface area (Å²) < 4.78 is 45.6. The SMILES string of the molecule is CCCNC(=O)[C@H](C)N(Cc1ccccc1F)C(=O)CN(c1cc([N+](=O)[O-])ccc1OC)S(C)(=O)=O. The van der Waals surface area contributed by atoms with Crippen molar-refractivity contribution in [2.24, 2.45) is 0 Å². The second kappa shape index (κ2) is 12.3. The number of carbonyl (C=O) groups is 2. The van der Waals surface area contributed by atoms with Gasteiger partial charge < -0.3 is 15.0 Å². The first-order chi connectivity index (χ1) is 16.9. The number of halogens is 1. The van der Waals surface area contributed by atoms with Gasteiger partial charge in [-0.3, -0.25) is 24.0 Å². The van der Waals surface area contributed by atoms with E-state index in [-0.39, 0.29) is 23.5 Å². The molecule has 196 valence electrons. The predicted molar refractivity (Wildman–Crippen MR) is 132 cm³/mol. The van der Waals surface area contributed by atoms with Crippen LogP contribution in [-0.4, -0.2) is 62.6 Å². The molecule has 0 bridgehead atoms. The maximum absolute atomic E-state index is 14.4. The van der Waals surface area contributed by atoms with Crippen molar-refractivity contribution in [2.45, 2.75) is 32.9 Å². The zero-order valence-corrected chi connectivity index (χ0v) is 21.2. The maximum atomic E-state index is 14.4. The minimum atomic E-state index is -4.15. The van der Waals surface area contributed by atoms with Gasteiger partial charge >= 0.3 is 0 Å². The first-order valence-electron chi connectivity index (χ1n) is 11.0. The van der Waals surface area contributed by atoms with E-state index in [4.69, 9.17) is 4.74 Å². The number of methoxy groups -OCH3 is 1. The van der Waals surface area contributed by atoms with Crippen LogP contribution in [0.25, 0.3) is 0 Å². The molecule has 0 unspecified atom stereocenters. The third kappa shape index (κ3) is 7.13. The molecule has 0 aliphatic rings. The zero-order valence-electron chi connectivity index (χ0n) is 20.4. The van der Waals surface area contributed by atoms with E-state index in [0.29, 0.717) is 17.3 Å². The molecule has 1 N–H and O–H groups in total. The van der Waals surface area contributed by atoms with Crippen molar-refractivity contribution in [1.29, 1.82) is 0 Å². The van der Waals surface area contributed by atoms with Gasteiger partial charge in [-0.1, -0.05) is 25.1 Å². The number of ether oxygens (including phenoxy) is 1. The average Bonchev–Trinajstić information content (AvgIpc) is 2.83. The van der Waals surface area contributed by atoms with E-state index in [1.54, 1.807) is 6.07 Å². The fraction of sp³-hybridized carbons (Fsp3) is 0.391. The Balaban J connectivity index is 2.51. The van der Waals surface area contributed by atoms with Crippen molar-refractivity contribution in [3.63, 3.8) is 0 Å². The Hall–Kier alpha value is -3.74. The molecule has 36 heavy (non-hydrogen) atoms. The van der Waals surface area contributed by atoms with Gasteiger partial charge in [-0.15, -0.1) is 0 Å². The minimum absolute atomic E-state index is 0.0202. The quantitative estimate of drug-likeness (QED) is 0.332. The average molecular weight is 525 g/mol. The molecule has 0 fully saturated rings. The van der Waals surface area contributed by atoms with Crippen molar-refractivity contribution in [1.82, 2.24) is 10.2 Å². The molecule has 0 saturated carbocycles. The van der Waals surface area contributed by atoms with Crippen LogP contribution in [0.5, 0.6) is 5.75 Å². The van der Waals surface area contributed by atoms with Gasteiger partial charge in [0.05, 0.1) is 18.3 Å². The van der Waals surface area contributed by atoms with Gasteiger partial charge in [-0.25, -0.2) is 12.8 Å². The Morgan fingerprint density at radius 3 is 2.44 bits per heavy atom. The maximum Gasteiger partial charge on any atom is 0.271 e. The smallest absolute Gasteiger partial charge is 0.271 e. The van der Waals surface area contributed by atoms with Crippen LogP contribution in [0.15, 0.2) is 42.5 Å². The molecular weight excluding hydrogens is 495 g/mol. The number of non-ortho nitro benzene ring substituents is 1. The first kappa shape index (κ1) is 28.5. The summed E-state index contributed by atoms with van der Waals surface area (Å²) in [6.45, 7) is 2.53. The highest BCUT2D eigenvalue weighted by atomic mass is 32.2. The molecule has 2 aromatic rings. The largest absolute Gasteiger partial charge is 0.495 e. The number of nitro benzene ring substituents is 1. The monoisotopic (exact) mass is 524 g/mol. The van der Waals surface area contributed by atoms with Gasteiger partial charge in [-0.2, -0.15) is 0 Å². The predicted octanol–water partition coefficient (Wildman–Crippen LogP) is 2.45. The molecule has 1 atom stereocenters. The number of hydrogen-bond donors (Lipinski definition) is 1. The highest BCUT2D eigenvalue weighted by Gasteiger charge is 2.32. The Labute approximate surface area is 209 Å². The standard InChI is InChI=1S/C23H29FN4O7S/c1-5-12-25-23(30)16(2)26(14-17-8-6-7-9-19(17)24)22(29)15-27(36(4,33)34)20-13-18(28(31)32)10-11-21(20)35-3/h6-11,13,16H,5,12,14-15H2,1-4H3,(H,25,30)/t16-/m0/s1. The molecule has 0 radical (unpaired) electrons. The summed E-state index contributed by atoms with van der Waals surface area (Å²) in [7, 11) is -2.91. The third-order valence-electron chi connectivity index (χ3n) is 5.34. The van der Waals surface area contributed by atoms with E-state index in [9.17, 15) is 32.5 Å². The van der Waals surface area contributed by atoms with Gasteiger partial charge in [-0.05, 0) is 25.5 Å². The fourth-order valence-corrected chi connectivity index (χ4v) is 4.22. The summed E-state index contributed by atoms with van der Waals surface area (Å²) in [5.74, 6) is -1.94. The number of amides is 2. The highest BCUT2D eigenvalue weighted by molar-refractivity contribution is 7.92. The summed E-state index contributed by atoms with van der Waals surface area (Å²) in [5, 5.41) is 14.0. The lowest BCUT2D eigenvalue weighted by atomic mass is 10.1. The Morgan fingerprint density at radius 2 is 1.89 bits per heavy atom. The molecule has 0 aliphatic heterocycles. The van der Waals surface area contributed by atoms with Crippen LogP contribution < -0.4 is 14.4 Å². The van der Waals surface area contributed by atoms with Crippen molar-refractivity contribution >= 4 is 33.2 Å². The van der Waals surface area contributed by atoms with Crippen molar-refractivity contribution in [3.05, 3.63) is 64.0 Å². The van der Waals surface area contributed by atoms with E-state index in [0.717, 1.165) is 23.3 Å². The van der Waals surface area contributed by atoms with Gasteiger partial charge in [0, 0.05) is 30.8 Å². The molecule has 2 aromatic carbocycles. The first-order valence-corrected chi connectivity index (χ1v) is 12.9. The molecule has 0 saturated heterocycles. The summed E-state index contributed by atoms with van der Waals surface area (Å²) >= 11 is 0. The topological polar surface area (TPSA) is 139 Å². The second-order valence-corrected chi connectivity index (χ2v) is 9.87.